The molecule has 0 aromatic heterocycles. The fraction of sp³-hybridized carbons (Fsp3) is 0.282. The van der Waals surface area contributed by atoms with Crippen LogP contribution in [0.2, 0.25) is 0 Å². The number of ether oxygens (including phenoxy) is 1. The van der Waals surface area contributed by atoms with Crippen molar-refractivity contribution in [3.05, 3.63) is 121 Å². The van der Waals surface area contributed by atoms with Crippen molar-refractivity contribution >= 4 is 49.3 Å². The number of benzene rings is 5. The van der Waals surface area contributed by atoms with Crippen LogP contribution in [-0.2, 0) is 26.2 Å². The van der Waals surface area contributed by atoms with E-state index in [0.29, 0.717) is 12.1 Å². The van der Waals surface area contributed by atoms with Crippen LogP contribution in [0.3, 0.4) is 0 Å². The molecule has 48 heavy (non-hydrogen) atoms. The van der Waals surface area contributed by atoms with E-state index in [9.17, 15) is 18.0 Å². The highest BCUT2D eigenvalue weighted by Crippen LogP contribution is 2.29. The number of carbonyl (C=O) groups is 2. The van der Waals surface area contributed by atoms with E-state index >= 15 is 0 Å². The average Bonchev–Trinajstić information content (AvgIpc) is 3.12. The maximum Gasteiger partial charge on any atom is 0.415 e. The van der Waals surface area contributed by atoms with Crippen molar-refractivity contribution < 1.29 is 22.7 Å². The summed E-state index contributed by atoms with van der Waals surface area (Å²) in [6, 6.07) is 34.5. The number of fused-ring (bicyclic) bond motifs is 2. The Hall–Kier alpha value is -4.73. The Bertz CT molecular complexity index is 2020. The first kappa shape index (κ1) is 33.2. The number of sulfonamides is 1. The monoisotopic (exact) mass is 663 g/mol. The molecule has 1 aliphatic heterocycles. The van der Waals surface area contributed by atoms with Crippen molar-refractivity contribution in [3.63, 3.8) is 0 Å². The molecule has 6 rings (SSSR count). The van der Waals surface area contributed by atoms with Gasteiger partial charge in [0.15, 0.2) is 0 Å². The van der Waals surface area contributed by atoms with Crippen molar-refractivity contribution in [2.45, 2.75) is 56.7 Å². The van der Waals surface area contributed by atoms with Crippen molar-refractivity contribution in [2.24, 2.45) is 0 Å². The number of anilines is 1. The minimum absolute atomic E-state index is 0.0645. The number of amides is 2. The van der Waals surface area contributed by atoms with E-state index in [0.717, 1.165) is 39.9 Å². The Labute approximate surface area is 282 Å². The van der Waals surface area contributed by atoms with E-state index in [-0.39, 0.29) is 37.0 Å². The SMILES string of the molecule is CCCCC1CN(C(=O)C(C)N(C(=O)OCc2ccccc2)c2ccc3ccccc3c2)CCN1S(=O)(=O)c1ccc2ccccc2c1. The summed E-state index contributed by atoms with van der Waals surface area (Å²) in [5.74, 6) is -0.260. The molecule has 1 aliphatic rings. The first-order chi connectivity index (χ1) is 23.3. The van der Waals surface area contributed by atoms with E-state index in [2.05, 4.69) is 6.92 Å². The highest BCUT2D eigenvalue weighted by molar-refractivity contribution is 7.89. The van der Waals surface area contributed by atoms with E-state index < -0.39 is 28.2 Å². The molecule has 0 aliphatic carbocycles. The second-order valence-electron chi connectivity index (χ2n) is 12.3. The zero-order valence-electron chi connectivity index (χ0n) is 27.4. The molecular formula is C39H41N3O5S. The van der Waals surface area contributed by atoms with Gasteiger partial charge in [0, 0.05) is 31.4 Å². The molecule has 248 valence electrons. The van der Waals surface area contributed by atoms with Gasteiger partial charge in [0.25, 0.3) is 0 Å². The Kier molecular flexibility index (Phi) is 10.1. The maximum absolute atomic E-state index is 14.3. The van der Waals surface area contributed by atoms with Gasteiger partial charge in [0.2, 0.25) is 15.9 Å². The second-order valence-corrected chi connectivity index (χ2v) is 14.2. The molecule has 0 spiro atoms. The lowest BCUT2D eigenvalue weighted by atomic mass is 10.1. The normalized spacial score (nSPS) is 16.1. The van der Waals surface area contributed by atoms with Crippen molar-refractivity contribution in [1.82, 2.24) is 9.21 Å². The standard InChI is InChI=1S/C39H41N3O5S/c1-3-4-18-36-27-40(23-24-41(36)48(45,46)37-22-20-32-15-9-11-17-34(32)26-37)38(43)29(2)42(39(44)47-28-30-12-6-5-7-13-30)35-21-19-31-14-8-10-16-33(31)25-35/h5-17,19-22,25-26,29,36H,3-4,18,23-24,27-28H2,1-2H3. The van der Waals surface area contributed by atoms with Gasteiger partial charge in [-0.3, -0.25) is 9.69 Å². The number of carbonyl (C=O) groups excluding carboxylic acids is 2. The first-order valence-electron chi connectivity index (χ1n) is 16.5. The fourth-order valence-corrected chi connectivity index (χ4v) is 8.14. The van der Waals surface area contributed by atoms with E-state index in [4.69, 9.17) is 4.74 Å². The van der Waals surface area contributed by atoms with Gasteiger partial charge in [-0.15, -0.1) is 0 Å². The second kappa shape index (κ2) is 14.6. The van der Waals surface area contributed by atoms with Gasteiger partial charge >= 0.3 is 6.09 Å². The van der Waals surface area contributed by atoms with E-state index in [1.54, 1.807) is 28.3 Å². The van der Waals surface area contributed by atoms with Crippen LogP contribution >= 0.6 is 0 Å². The van der Waals surface area contributed by atoms with Crippen LogP contribution in [0.4, 0.5) is 10.5 Å². The maximum atomic E-state index is 14.3. The molecule has 0 bridgehead atoms. The van der Waals surface area contributed by atoms with Crippen LogP contribution in [0.1, 0.15) is 38.7 Å². The molecule has 2 unspecified atom stereocenters. The van der Waals surface area contributed by atoms with Gasteiger partial charge in [-0.05, 0) is 64.7 Å². The van der Waals surface area contributed by atoms with Gasteiger partial charge < -0.3 is 9.64 Å². The zero-order valence-corrected chi connectivity index (χ0v) is 28.2. The third-order valence-corrected chi connectivity index (χ3v) is 11.1. The van der Waals surface area contributed by atoms with Gasteiger partial charge in [-0.1, -0.05) is 111 Å². The number of unbranched alkanes of at least 4 members (excludes halogenated alkanes) is 1. The van der Waals surface area contributed by atoms with Crippen LogP contribution in [0, 0.1) is 0 Å². The molecule has 8 nitrogen and oxygen atoms in total. The molecule has 2 amide bonds. The van der Waals surface area contributed by atoms with Crippen LogP contribution in [-0.4, -0.2) is 61.3 Å². The van der Waals surface area contributed by atoms with Crippen LogP contribution in [0.5, 0.6) is 0 Å². The highest BCUT2D eigenvalue weighted by atomic mass is 32.2. The van der Waals surface area contributed by atoms with Crippen LogP contribution in [0.25, 0.3) is 21.5 Å². The van der Waals surface area contributed by atoms with Gasteiger partial charge in [0.1, 0.15) is 12.6 Å². The van der Waals surface area contributed by atoms with Crippen molar-refractivity contribution in [3.8, 4) is 0 Å². The van der Waals surface area contributed by atoms with Crippen molar-refractivity contribution in [2.75, 3.05) is 24.5 Å². The predicted molar refractivity (Wildman–Crippen MR) is 190 cm³/mol. The topological polar surface area (TPSA) is 87.2 Å². The average molecular weight is 664 g/mol. The lowest BCUT2D eigenvalue weighted by molar-refractivity contribution is -0.134. The third kappa shape index (κ3) is 7.07. The minimum atomic E-state index is -3.82. The molecular weight excluding hydrogens is 623 g/mol. The summed E-state index contributed by atoms with van der Waals surface area (Å²) in [5, 5.41) is 3.78. The molecule has 9 heteroatoms. The molecule has 0 N–H and O–H groups in total. The van der Waals surface area contributed by atoms with Gasteiger partial charge in [0.05, 0.1) is 4.90 Å². The summed E-state index contributed by atoms with van der Waals surface area (Å²) in [6.45, 7) is 4.45. The predicted octanol–water partition coefficient (Wildman–Crippen LogP) is 7.62. The molecule has 1 saturated heterocycles. The molecule has 5 aromatic rings. The van der Waals surface area contributed by atoms with Gasteiger partial charge in [-0.25, -0.2) is 13.2 Å². The Morgan fingerprint density at radius 1 is 0.812 bits per heavy atom. The summed E-state index contributed by atoms with van der Waals surface area (Å²) < 4.78 is 35.4. The summed E-state index contributed by atoms with van der Waals surface area (Å²) in [4.78, 5) is 31.4. The summed E-state index contributed by atoms with van der Waals surface area (Å²) >= 11 is 0. The van der Waals surface area contributed by atoms with E-state index in [1.165, 1.54) is 4.90 Å². The number of piperazine rings is 1. The van der Waals surface area contributed by atoms with Gasteiger partial charge in [-0.2, -0.15) is 4.31 Å². The van der Waals surface area contributed by atoms with Crippen LogP contribution in [0.15, 0.2) is 120 Å². The number of nitrogens with zero attached hydrogens (tertiary/aromatic N) is 3. The Morgan fingerprint density at radius 3 is 2.12 bits per heavy atom. The van der Waals surface area contributed by atoms with Crippen molar-refractivity contribution in [1.29, 1.82) is 0 Å². The van der Waals surface area contributed by atoms with Crippen LogP contribution < -0.4 is 4.90 Å². The molecule has 2 atom stereocenters. The number of rotatable bonds is 10. The summed E-state index contributed by atoms with van der Waals surface area (Å²) in [7, 11) is -3.82. The zero-order chi connectivity index (χ0) is 33.7. The smallest absolute Gasteiger partial charge is 0.415 e. The minimum Gasteiger partial charge on any atom is -0.444 e. The summed E-state index contributed by atoms with van der Waals surface area (Å²) in [5.41, 5.74) is 1.39. The Morgan fingerprint density at radius 2 is 1.44 bits per heavy atom. The lowest BCUT2D eigenvalue weighted by Gasteiger charge is -2.42. The number of hydrogen-bond donors (Lipinski definition) is 0. The molecule has 1 heterocycles. The molecule has 5 aromatic carbocycles. The molecule has 1 fully saturated rings. The fourth-order valence-electron chi connectivity index (χ4n) is 6.47. The van der Waals surface area contributed by atoms with E-state index in [1.807, 2.05) is 103 Å². The lowest BCUT2D eigenvalue weighted by Crippen LogP contribution is -2.59. The quantitative estimate of drug-likeness (QED) is 0.154. The highest BCUT2D eigenvalue weighted by Gasteiger charge is 2.40. The first-order valence-corrected chi connectivity index (χ1v) is 18.0. The summed E-state index contributed by atoms with van der Waals surface area (Å²) in [6.07, 6.45) is 1.71. The molecule has 0 saturated carbocycles. The largest absolute Gasteiger partial charge is 0.444 e. The molecule has 0 radical (unpaired) electrons. The third-order valence-electron chi connectivity index (χ3n) is 9.12. The number of hydrogen-bond acceptors (Lipinski definition) is 5. The Balaban J connectivity index is 1.25.